The first-order chi connectivity index (χ1) is 14.8. The number of hydrogen-bond donors (Lipinski definition) is 1. The van der Waals surface area contributed by atoms with E-state index in [0.717, 1.165) is 11.3 Å². The smallest absolute Gasteiger partial charge is 0.334 e. The molecular weight excluding hydrogens is 414 g/mol. The lowest BCUT2D eigenvalue weighted by Gasteiger charge is -2.18. The van der Waals surface area contributed by atoms with Crippen molar-refractivity contribution in [1.29, 1.82) is 0 Å². The Morgan fingerprint density at radius 2 is 1.71 bits per heavy atom. The standard InChI is InChI=1S/C23H28ClN5O2/c1-15(2)29-21(25-5)27-22(26-19-10-12-20(13-11-19)31-16(3)4)28(23(29)30)14-17-6-8-18(24)9-7-17/h6-13,15-16H,14H2,1-5H3,(H,25,26,27). The maximum atomic E-state index is 13.4. The van der Waals surface area contributed by atoms with Crippen molar-refractivity contribution in [2.45, 2.75) is 46.4 Å². The van der Waals surface area contributed by atoms with Crippen LogP contribution in [0.3, 0.4) is 0 Å². The molecule has 1 aromatic heterocycles. The van der Waals surface area contributed by atoms with Gasteiger partial charge in [0, 0.05) is 18.1 Å². The van der Waals surface area contributed by atoms with Crippen LogP contribution in [-0.4, -0.2) is 27.3 Å². The summed E-state index contributed by atoms with van der Waals surface area (Å²) in [7, 11) is 1.74. The Kier molecular flexibility index (Phi) is 7.17. The Morgan fingerprint density at radius 1 is 1.06 bits per heavy atom. The molecule has 0 spiro atoms. The SMILES string of the molecule is CNc1n/c(=N\c2ccc(OC(C)C)cc2)n(Cc2ccc(Cl)cc2)c(=O)n1C(C)C. The van der Waals surface area contributed by atoms with Gasteiger partial charge in [-0.25, -0.2) is 9.79 Å². The fourth-order valence-corrected chi connectivity index (χ4v) is 3.27. The second-order valence-electron chi connectivity index (χ2n) is 7.72. The number of nitrogens with zero attached hydrogens (tertiary/aromatic N) is 4. The first-order valence-corrected chi connectivity index (χ1v) is 10.6. The van der Waals surface area contributed by atoms with Crippen molar-refractivity contribution in [3.05, 3.63) is 75.2 Å². The summed E-state index contributed by atoms with van der Waals surface area (Å²) in [6, 6.07) is 14.7. The van der Waals surface area contributed by atoms with Crippen molar-refractivity contribution < 1.29 is 4.74 Å². The molecule has 1 N–H and O–H groups in total. The molecule has 0 aliphatic carbocycles. The zero-order valence-corrected chi connectivity index (χ0v) is 19.2. The summed E-state index contributed by atoms with van der Waals surface area (Å²) in [6.45, 7) is 8.17. The number of aromatic nitrogens is 3. The third-order valence-electron chi connectivity index (χ3n) is 4.54. The van der Waals surface area contributed by atoms with Crippen molar-refractivity contribution in [2.24, 2.45) is 4.99 Å². The van der Waals surface area contributed by atoms with E-state index in [0.29, 0.717) is 28.8 Å². The van der Waals surface area contributed by atoms with E-state index < -0.39 is 0 Å². The summed E-state index contributed by atoms with van der Waals surface area (Å²) < 4.78 is 8.88. The van der Waals surface area contributed by atoms with E-state index in [1.54, 1.807) is 28.3 Å². The highest BCUT2D eigenvalue weighted by Crippen LogP contribution is 2.18. The van der Waals surface area contributed by atoms with Gasteiger partial charge in [-0.05, 0) is 69.7 Å². The molecule has 0 saturated carbocycles. The summed E-state index contributed by atoms with van der Waals surface area (Å²) in [4.78, 5) is 22.7. The summed E-state index contributed by atoms with van der Waals surface area (Å²) in [6.07, 6.45) is 0.0906. The second-order valence-corrected chi connectivity index (χ2v) is 8.15. The van der Waals surface area contributed by atoms with Gasteiger partial charge in [0.2, 0.25) is 11.6 Å². The van der Waals surface area contributed by atoms with E-state index in [-0.39, 0.29) is 17.8 Å². The van der Waals surface area contributed by atoms with Gasteiger partial charge in [-0.1, -0.05) is 23.7 Å². The molecule has 0 aliphatic heterocycles. The summed E-state index contributed by atoms with van der Waals surface area (Å²) in [5, 5.41) is 3.66. The zero-order valence-electron chi connectivity index (χ0n) is 18.5. The molecule has 7 nitrogen and oxygen atoms in total. The Labute approximate surface area is 187 Å². The molecule has 2 aromatic carbocycles. The largest absolute Gasteiger partial charge is 0.491 e. The first-order valence-electron chi connectivity index (χ1n) is 10.3. The van der Waals surface area contributed by atoms with Crippen LogP contribution in [0.1, 0.15) is 39.3 Å². The second kappa shape index (κ2) is 9.83. The van der Waals surface area contributed by atoms with Crippen LogP contribution < -0.4 is 21.4 Å². The normalized spacial score (nSPS) is 11.9. The van der Waals surface area contributed by atoms with Gasteiger partial charge >= 0.3 is 5.69 Å². The fraction of sp³-hybridized carbons (Fsp3) is 0.348. The van der Waals surface area contributed by atoms with Crippen LogP contribution in [0.25, 0.3) is 0 Å². The van der Waals surface area contributed by atoms with Gasteiger partial charge in [-0.2, -0.15) is 4.98 Å². The molecule has 0 radical (unpaired) electrons. The molecule has 31 heavy (non-hydrogen) atoms. The molecule has 3 rings (SSSR count). The molecule has 3 aromatic rings. The highest BCUT2D eigenvalue weighted by Gasteiger charge is 2.14. The number of hydrogen-bond acceptors (Lipinski definition) is 5. The zero-order chi connectivity index (χ0) is 22.5. The minimum Gasteiger partial charge on any atom is -0.491 e. The van der Waals surface area contributed by atoms with Crippen LogP contribution in [0.15, 0.2) is 58.3 Å². The average Bonchev–Trinajstić information content (AvgIpc) is 2.72. The van der Waals surface area contributed by atoms with Gasteiger partial charge in [0.25, 0.3) is 0 Å². The summed E-state index contributed by atoms with van der Waals surface area (Å²) in [5.41, 5.74) is 1.73. The molecule has 164 valence electrons. The number of rotatable bonds is 7. The quantitative estimate of drug-likeness (QED) is 0.590. The molecule has 0 saturated heterocycles. The van der Waals surface area contributed by atoms with Gasteiger partial charge in [-0.3, -0.25) is 9.13 Å². The average molecular weight is 442 g/mol. The molecule has 0 unspecified atom stereocenters. The van der Waals surface area contributed by atoms with Crippen molar-refractivity contribution in [3.63, 3.8) is 0 Å². The Bertz CT molecular complexity index is 1150. The lowest BCUT2D eigenvalue weighted by molar-refractivity contribution is 0.242. The maximum absolute atomic E-state index is 13.4. The van der Waals surface area contributed by atoms with Crippen molar-refractivity contribution in [3.8, 4) is 5.75 Å². The molecule has 0 fully saturated rings. The molecule has 0 bridgehead atoms. The van der Waals surface area contributed by atoms with Gasteiger partial charge in [0.05, 0.1) is 18.3 Å². The van der Waals surface area contributed by atoms with Gasteiger partial charge in [0.15, 0.2) is 0 Å². The summed E-state index contributed by atoms with van der Waals surface area (Å²) >= 11 is 6.01. The first kappa shape index (κ1) is 22.6. The van der Waals surface area contributed by atoms with Gasteiger partial charge < -0.3 is 10.1 Å². The summed E-state index contributed by atoms with van der Waals surface area (Å²) in [5.74, 6) is 1.23. The Balaban J connectivity index is 2.15. The maximum Gasteiger partial charge on any atom is 0.334 e. The number of halogens is 1. The highest BCUT2D eigenvalue weighted by atomic mass is 35.5. The predicted octanol–water partition coefficient (Wildman–Crippen LogP) is 4.39. The third-order valence-corrected chi connectivity index (χ3v) is 4.80. The van der Waals surface area contributed by atoms with Crippen LogP contribution in [0, 0.1) is 0 Å². The minimum atomic E-state index is -0.192. The number of nitrogens with one attached hydrogen (secondary N) is 1. The van der Waals surface area contributed by atoms with Crippen molar-refractivity contribution in [2.75, 3.05) is 12.4 Å². The third kappa shape index (κ3) is 5.55. The fourth-order valence-electron chi connectivity index (χ4n) is 3.14. The molecule has 0 atom stereocenters. The molecule has 8 heteroatoms. The van der Waals surface area contributed by atoms with Gasteiger partial charge in [0.1, 0.15) is 5.75 Å². The van der Waals surface area contributed by atoms with E-state index in [4.69, 9.17) is 16.3 Å². The van der Waals surface area contributed by atoms with E-state index in [1.807, 2.05) is 64.1 Å². The predicted molar refractivity (Wildman–Crippen MR) is 124 cm³/mol. The van der Waals surface area contributed by atoms with Gasteiger partial charge in [-0.15, -0.1) is 0 Å². The molecule has 0 aliphatic rings. The molecular formula is C23H28ClN5O2. The minimum absolute atomic E-state index is 0.0690. The molecule has 0 amide bonds. The highest BCUT2D eigenvalue weighted by molar-refractivity contribution is 6.30. The van der Waals surface area contributed by atoms with Crippen LogP contribution in [0.4, 0.5) is 11.6 Å². The number of ether oxygens (including phenoxy) is 1. The number of benzene rings is 2. The van der Waals surface area contributed by atoms with Crippen molar-refractivity contribution in [1.82, 2.24) is 14.1 Å². The lowest BCUT2D eigenvalue weighted by Crippen LogP contribution is -2.44. The Morgan fingerprint density at radius 3 is 2.26 bits per heavy atom. The monoisotopic (exact) mass is 441 g/mol. The van der Waals surface area contributed by atoms with Crippen LogP contribution in [0.5, 0.6) is 5.75 Å². The molecule has 1 heterocycles. The number of anilines is 1. The van der Waals surface area contributed by atoms with Crippen LogP contribution >= 0.6 is 11.6 Å². The van der Waals surface area contributed by atoms with E-state index >= 15 is 0 Å². The van der Waals surface area contributed by atoms with Crippen LogP contribution in [0.2, 0.25) is 5.02 Å². The van der Waals surface area contributed by atoms with E-state index in [1.165, 1.54) is 0 Å². The lowest BCUT2D eigenvalue weighted by atomic mass is 10.2. The topological polar surface area (TPSA) is 73.4 Å². The van der Waals surface area contributed by atoms with E-state index in [2.05, 4.69) is 15.3 Å². The van der Waals surface area contributed by atoms with E-state index in [9.17, 15) is 4.79 Å². The van der Waals surface area contributed by atoms with Crippen molar-refractivity contribution >= 4 is 23.2 Å². The Hall–Kier alpha value is -3.06. The van der Waals surface area contributed by atoms with Crippen LogP contribution in [-0.2, 0) is 6.54 Å².